The minimum absolute atomic E-state index is 1.11. The molecule has 0 aliphatic rings. The van der Waals surface area contributed by atoms with Gasteiger partial charge in [0.2, 0.25) is 0 Å². The van der Waals surface area contributed by atoms with Crippen molar-refractivity contribution in [1.82, 2.24) is 0 Å². The van der Waals surface area contributed by atoms with Crippen LogP contribution in [0.3, 0.4) is 0 Å². The molecule has 5 aromatic rings. The molecule has 5 rings (SSSR count). The van der Waals surface area contributed by atoms with E-state index in [1.54, 1.807) is 0 Å². The average Bonchev–Trinajstić information content (AvgIpc) is 2.80. The zero-order chi connectivity index (χ0) is 19.6. The predicted molar refractivity (Wildman–Crippen MR) is 128 cm³/mol. The SMILES string of the molecule is Brc1ccc(-c2ccccc2)cc1-c1ccc(-c2ccccc2)c2ccccc12. The summed E-state index contributed by atoms with van der Waals surface area (Å²) in [5.74, 6) is 0. The van der Waals surface area contributed by atoms with E-state index in [1.807, 2.05) is 0 Å². The fraction of sp³-hybridized carbons (Fsp3) is 0. The number of rotatable bonds is 3. The van der Waals surface area contributed by atoms with Crippen molar-refractivity contribution in [3.05, 3.63) is 120 Å². The highest BCUT2D eigenvalue weighted by molar-refractivity contribution is 9.10. The molecule has 5 aromatic carbocycles. The van der Waals surface area contributed by atoms with Crippen LogP contribution in [0.5, 0.6) is 0 Å². The summed E-state index contributed by atoms with van der Waals surface area (Å²) in [4.78, 5) is 0. The second-order valence-electron chi connectivity index (χ2n) is 7.13. The van der Waals surface area contributed by atoms with E-state index in [0.29, 0.717) is 0 Å². The Morgan fingerprint density at radius 1 is 0.379 bits per heavy atom. The first-order valence-corrected chi connectivity index (χ1v) is 10.5. The van der Waals surface area contributed by atoms with E-state index >= 15 is 0 Å². The lowest BCUT2D eigenvalue weighted by atomic mass is 9.91. The van der Waals surface area contributed by atoms with Crippen molar-refractivity contribution in [2.75, 3.05) is 0 Å². The molecule has 0 aliphatic heterocycles. The van der Waals surface area contributed by atoms with Gasteiger partial charge in [-0.2, -0.15) is 0 Å². The van der Waals surface area contributed by atoms with Gasteiger partial charge in [0.15, 0.2) is 0 Å². The molecule has 0 amide bonds. The van der Waals surface area contributed by atoms with E-state index in [1.165, 1.54) is 44.2 Å². The van der Waals surface area contributed by atoms with Crippen molar-refractivity contribution in [1.29, 1.82) is 0 Å². The lowest BCUT2D eigenvalue weighted by molar-refractivity contribution is 1.57. The van der Waals surface area contributed by atoms with Crippen molar-refractivity contribution in [2.45, 2.75) is 0 Å². The van der Waals surface area contributed by atoms with Crippen LogP contribution in [0.4, 0.5) is 0 Å². The van der Waals surface area contributed by atoms with Crippen LogP contribution in [-0.2, 0) is 0 Å². The Morgan fingerprint density at radius 2 is 0.931 bits per heavy atom. The maximum atomic E-state index is 3.79. The number of fused-ring (bicyclic) bond motifs is 1. The molecule has 0 radical (unpaired) electrons. The molecule has 0 spiro atoms. The van der Waals surface area contributed by atoms with Gasteiger partial charge in [-0.15, -0.1) is 0 Å². The highest BCUT2D eigenvalue weighted by Crippen LogP contribution is 2.39. The van der Waals surface area contributed by atoms with Gasteiger partial charge in [-0.1, -0.05) is 119 Å². The summed E-state index contributed by atoms with van der Waals surface area (Å²) < 4.78 is 1.11. The topological polar surface area (TPSA) is 0 Å². The Kier molecular flexibility index (Phi) is 4.75. The molecule has 0 bridgehead atoms. The molecule has 0 fully saturated rings. The molecule has 0 aromatic heterocycles. The van der Waals surface area contributed by atoms with E-state index in [9.17, 15) is 0 Å². The number of halogens is 1. The van der Waals surface area contributed by atoms with Crippen LogP contribution in [0.1, 0.15) is 0 Å². The maximum Gasteiger partial charge on any atom is 0.0254 e. The van der Waals surface area contributed by atoms with Crippen molar-refractivity contribution in [3.63, 3.8) is 0 Å². The van der Waals surface area contributed by atoms with Crippen molar-refractivity contribution >= 4 is 26.7 Å². The second-order valence-corrected chi connectivity index (χ2v) is 7.99. The molecule has 29 heavy (non-hydrogen) atoms. The van der Waals surface area contributed by atoms with Gasteiger partial charge >= 0.3 is 0 Å². The van der Waals surface area contributed by atoms with Gasteiger partial charge < -0.3 is 0 Å². The van der Waals surface area contributed by atoms with Crippen LogP contribution in [0, 0.1) is 0 Å². The zero-order valence-corrected chi connectivity index (χ0v) is 17.4. The quantitative estimate of drug-likeness (QED) is 0.266. The third-order valence-electron chi connectivity index (χ3n) is 5.37. The molecule has 0 unspecified atom stereocenters. The average molecular weight is 435 g/mol. The Morgan fingerprint density at radius 3 is 1.62 bits per heavy atom. The molecule has 1 heteroatoms. The van der Waals surface area contributed by atoms with Crippen LogP contribution in [-0.4, -0.2) is 0 Å². The Balaban J connectivity index is 1.73. The van der Waals surface area contributed by atoms with Gasteiger partial charge in [-0.25, -0.2) is 0 Å². The third kappa shape index (κ3) is 3.39. The molecular formula is C28H19Br. The summed E-state index contributed by atoms with van der Waals surface area (Å²) >= 11 is 3.79. The van der Waals surface area contributed by atoms with Gasteiger partial charge in [0.05, 0.1) is 0 Å². The monoisotopic (exact) mass is 434 g/mol. The van der Waals surface area contributed by atoms with Gasteiger partial charge in [0.25, 0.3) is 0 Å². The van der Waals surface area contributed by atoms with Gasteiger partial charge in [0, 0.05) is 4.47 Å². The fourth-order valence-electron chi connectivity index (χ4n) is 3.95. The van der Waals surface area contributed by atoms with Crippen LogP contribution >= 0.6 is 15.9 Å². The van der Waals surface area contributed by atoms with Crippen molar-refractivity contribution < 1.29 is 0 Å². The van der Waals surface area contributed by atoms with Gasteiger partial charge in [0.1, 0.15) is 0 Å². The minimum atomic E-state index is 1.11. The van der Waals surface area contributed by atoms with Crippen LogP contribution in [0.25, 0.3) is 44.2 Å². The van der Waals surface area contributed by atoms with Crippen molar-refractivity contribution in [3.8, 4) is 33.4 Å². The summed E-state index contributed by atoms with van der Waals surface area (Å²) in [6.45, 7) is 0. The molecule has 0 atom stereocenters. The molecule has 0 nitrogen and oxygen atoms in total. The van der Waals surface area contributed by atoms with Gasteiger partial charge in [-0.05, 0) is 56.3 Å². The molecule has 0 N–H and O–H groups in total. The zero-order valence-electron chi connectivity index (χ0n) is 15.8. The number of hydrogen-bond donors (Lipinski definition) is 0. The smallest absolute Gasteiger partial charge is 0.0254 e. The summed E-state index contributed by atoms with van der Waals surface area (Å²) in [6.07, 6.45) is 0. The van der Waals surface area contributed by atoms with Gasteiger partial charge in [-0.3, -0.25) is 0 Å². The molecule has 0 heterocycles. The van der Waals surface area contributed by atoms with Crippen LogP contribution in [0.15, 0.2) is 120 Å². The standard InChI is InChI=1S/C28H19Br/c29-28-18-15-22(20-9-3-1-4-10-20)19-27(28)26-17-16-23(21-11-5-2-6-12-21)24-13-7-8-14-25(24)26/h1-19H. The van der Waals surface area contributed by atoms with E-state index in [0.717, 1.165) is 4.47 Å². The largest absolute Gasteiger partial charge is 0.0622 e. The summed E-state index contributed by atoms with van der Waals surface area (Å²) in [6, 6.07) is 40.9. The molecule has 0 saturated carbocycles. The minimum Gasteiger partial charge on any atom is -0.0622 e. The van der Waals surface area contributed by atoms with E-state index in [4.69, 9.17) is 0 Å². The molecule has 138 valence electrons. The first-order valence-electron chi connectivity index (χ1n) is 9.74. The second kappa shape index (κ2) is 7.69. The Labute approximate surface area is 179 Å². The predicted octanol–water partition coefficient (Wildman–Crippen LogP) is 8.60. The van der Waals surface area contributed by atoms with Crippen molar-refractivity contribution in [2.24, 2.45) is 0 Å². The first kappa shape index (κ1) is 17.9. The molecule has 0 saturated heterocycles. The summed E-state index contributed by atoms with van der Waals surface area (Å²) in [7, 11) is 0. The lowest BCUT2D eigenvalue weighted by Crippen LogP contribution is -1.88. The lowest BCUT2D eigenvalue weighted by Gasteiger charge is -2.14. The first-order chi connectivity index (χ1) is 14.3. The maximum absolute atomic E-state index is 3.79. The fourth-order valence-corrected chi connectivity index (χ4v) is 4.41. The van der Waals surface area contributed by atoms with E-state index in [-0.39, 0.29) is 0 Å². The highest BCUT2D eigenvalue weighted by atomic mass is 79.9. The Hall–Kier alpha value is -3.16. The van der Waals surface area contributed by atoms with E-state index in [2.05, 4.69) is 131 Å². The molecular weight excluding hydrogens is 416 g/mol. The van der Waals surface area contributed by atoms with E-state index < -0.39 is 0 Å². The molecule has 0 aliphatic carbocycles. The normalized spacial score (nSPS) is 10.9. The van der Waals surface area contributed by atoms with Crippen LogP contribution < -0.4 is 0 Å². The highest BCUT2D eigenvalue weighted by Gasteiger charge is 2.12. The third-order valence-corrected chi connectivity index (χ3v) is 6.06. The number of hydrogen-bond acceptors (Lipinski definition) is 0. The number of benzene rings is 5. The summed E-state index contributed by atoms with van der Waals surface area (Å²) in [5, 5.41) is 2.54. The Bertz CT molecular complexity index is 1290. The van der Waals surface area contributed by atoms with Crippen LogP contribution in [0.2, 0.25) is 0 Å². The summed E-state index contributed by atoms with van der Waals surface area (Å²) in [5.41, 5.74) is 7.41.